The number of aryl methyl sites for hydroxylation is 3. The molecule has 0 spiro atoms. The number of carbonyl (C=O) groups excluding carboxylic acids is 1. The summed E-state index contributed by atoms with van der Waals surface area (Å²) in [7, 11) is 0. The quantitative estimate of drug-likeness (QED) is 0.353. The van der Waals surface area contributed by atoms with Gasteiger partial charge in [-0.25, -0.2) is 9.78 Å². The van der Waals surface area contributed by atoms with Crippen LogP contribution in [0.2, 0.25) is 0 Å². The molecule has 34 heavy (non-hydrogen) atoms. The minimum Gasteiger partial charge on any atom is -0.492 e. The van der Waals surface area contributed by atoms with Gasteiger partial charge in [-0.1, -0.05) is 51.3 Å². The van der Waals surface area contributed by atoms with E-state index in [1.807, 2.05) is 41.8 Å². The zero-order chi connectivity index (χ0) is 24.3. The lowest BCUT2D eigenvalue weighted by atomic mass is 10.2. The number of H-pyrrole nitrogens is 1. The average molecular weight is 470 g/mol. The number of para-hydroxylation sites is 1. The van der Waals surface area contributed by atoms with E-state index in [2.05, 4.69) is 22.2 Å². The Morgan fingerprint density at radius 2 is 1.76 bits per heavy atom. The molecule has 0 aliphatic heterocycles. The van der Waals surface area contributed by atoms with Crippen molar-refractivity contribution < 1.29 is 9.53 Å². The first-order chi connectivity index (χ1) is 16.5. The van der Waals surface area contributed by atoms with E-state index in [1.165, 1.54) is 0 Å². The van der Waals surface area contributed by atoms with Crippen LogP contribution in [0.3, 0.4) is 0 Å². The van der Waals surface area contributed by atoms with Gasteiger partial charge in [0, 0.05) is 25.9 Å². The first-order valence-electron chi connectivity index (χ1n) is 12.2. The monoisotopic (exact) mass is 469 g/mol. The van der Waals surface area contributed by atoms with Crippen molar-refractivity contribution in [2.75, 3.05) is 13.2 Å². The summed E-state index contributed by atoms with van der Waals surface area (Å²) in [6.07, 6.45) is 5.32. The molecule has 3 aromatic rings. The topological polar surface area (TPSA) is 111 Å². The Hall–Kier alpha value is -3.36. The average Bonchev–Trinajstić information content (AvgIpc) is 3.20. The van der Waals surface area contributed by atoms with Crippen LogP contribution in [0.25, 0.3) is 11.2 Å². The van der Waals surface area contributed by atoms with E-state index in [0.717, 1.165) is 37.9 Å². The third-order valence-corrected chi connectivity index (χ3v) is 5.70. The van der Waals surface area contributed by atoms with Crippen molar-refractivity contribution in [1.29, 1.82) is 0 Å². The number of fused-ring (bicyclic) bond motifs is 1. The fourth-order valence-corrected chi connectivity index (χ4v) is 3.88. The van der Waals surface area contributed by atoms with Crippen molar-refractivity contribution in [2.45, 2.75) is 71.9 Å². The Balaban J connectivity index is 1.71. The van der Waals surface area contributed by atoms with Gasteiger partial charge in [-0.3, -0.25) is 19.1 Å². The molecular formula is C25H35N5O4. The summed E-state index contributed by atoms with van der Waals surface area (Å²) in [4.78, 5) is 44.7. The summed E-state index contributed by atoms with van der Waals surface area (Å²) in [5.74, 6) is 1.31. The van der Waals surface area contributed by atoms with Crippen LogP contribution in [0.1, 0.15) is 58.2 Å². The van der Waals surface area contributed by atoms with Gasteiger partial charge in [-0.2, -0.15) is 0 Å². The van der Waals surface area contributed by atoms with Crippen molar-refractivity contribution in [1.82, 2.24) is 24.4 Å². The number of nitrogens with one attached hydrogen (secondary N) is 2. The molecule has 2 aromatic heterocycles. The molecule has 0 atom stereocenters. The molecule has 3 rings (SSSR count). The number of hydrogen-bond acceptors (Lipinski definition) is 5. The van der Waals surface area contributed by atoms with Crippen LogP contribution in [0.5, 0.6) is 5.75 Å². The van der Waals surface area contributed by atoms with E-state index in [9.17, 15) is 14.4 Å². The maximum Gasteiger partial charge on any atom is 0.330 e. The first kappa shape index (κ1) is 25.3. The summed E-state index contributed by atoms with van der Waals surface area (Å²) < 4.78 is 9.03. The Labute approximate surface area is 199 Å². The molecule has 0 bridgehead atoms. The molecule has 0 saturated heterocycles. The molecule has 1 aromatic carbocycles. The highest BCUT2D eigenvalue weighted by Gasteiger charge is 2.19. The lowest BCUT2D eigenvalue weighted by Crippen LogP contribution is -2.31. The highest BCUT2D eigenvalue weighted by atomic mass is 16.5. The number of ether oxygens (including phenoxy) is 1. The van der Waals surface area contributed by atoms with Crippen molar-refractivity contribution in [3.63, 3.8) is 0 Å². The third-order valence-electron chi connectivity index (χ3n) is 5.70. The lowest BCUT2D eigenvalue weighted by molar-refractivity contribution is -0.121. The molecular weight excluding hydrogens is 434 g/mol. The van der Waals surface area contributed by atoms with Gasteiger partial charge in [0.05, 0.1) is 6.54 Å². The normalized spacial score (nSPS) is 11.1. The molecule has 9 nitrogen and oxygen atoms in total. The van der Waals surface area contributed by atoms with Crippen LogP contribution in [0.15, 0.2) is 39.9 Å². The fourth-order valence-electron chi connectivity index (χ4n) is 3.88. The molecule has 0 aliphatic rings. The second-order valence-corrected chi connectivity index (χ2v) is 8.33. The molecule has 2 heterocycles. The Bertz CT molecular complexity index is 1180. The van der Waals surface area contributed by atoms with Gasteiger partial charge in [0.1, 0.15) is 18.2 Å². The van der Waals surface area contributed by atoms with Gasteiger partial charge in [0.2, 0.25) is 5.91 Å². The highest BCUT2D eigenvalue weighted by molar-refractivity contribution is 5.76. The number of unbranched alkanes of at least 4 members (excludes halogenated alkanes) is 3. The molecule has 2 N–H and O–H groups in total. The SMILES string of the molecule is CCCCCn1c(CCC(=O)NCCOc2ccccc2)nc2c1c(=O)[nH]c(=O)n2CCCC. The smallest absolute Gasteiger partial charge is 0.330 e. The minimum atomic E-state index is -0.438. The second kappa shape index (κ2) is 12.8. The van der Waals surface area contributed by atoms with Crippen molar-refractivity contribution in [2.24, 2.45) is 0 Å². The number of amides is 1. The maximum atomic E-state index is 12.7. The zero-order valence-corrected chi connectivity index (χ0v) is 20.1. The third kappa shape index (κ3) is 6.59. The number of imidazole rings is 1. The van der Waals surface area contributed by atoms with Gasteiger partial charge in [-0.05, 0) is 25.0 Å². The number of aromatic nitrogens is 4. The standard InChI is InChI=1S/C25H35N5O4/c1-3-5-10-17-29-20(13-14-21(31)26-15-18-34-19-11-8-7-9-12-19)27-23-22(29)24(32)28-25(33)30(23)16-6-4-2/h7-9,11-12H,3-6,10,13-18H2,1-2H3,(H,26,31)(H,28,32,33). The predicted molar refractivity (Wildman–Crippen MR) is 132 cm³/mol. The Morgan fingerprint density at radius 1 is 1.03 bits per heavy atom. The maximum absolute atomic E-state index is 12.7. The molecule has 0 radical (unpaired) electrons. The van der Waals surface area contributed by atoms with Crippen molar-refractivity contribution in [3.8, 4) is 5.75 Å². The summed E-state index contributed by atoms with van der Waals surface area (Å²) in [5, 5.41) is 2.86. The number of benzene rings is 1. The van der Waals surface area contributed by atoms with Crippen LogP contribution in [0, 0.1) is 0 Å². The minimum absolute atomic E-state index is 0.110. The molecule has 9 heteroatoms. The molecule has 184 valence electrons. The van der Waals surface area contributed by atoms with E-state index < -0.39 is 11.2 Å². The van der Waals surface area contributed by atoms with Crippen LogP contribution in [-0.2, 0) is 24.3 Å². The molecule has 0 aliphatic carbocycles. The van der Waals surface area contributed by atoms with E-state index in [-0.39, 0.29) is 12.3 Å². The van der Waals surface area contributed by atoms with Gasteiger partial charge >= 0.3 is 5.69 Å². The van der Waals surface area contributed by atoms with Gasteiger partial charge in [0.25, 0.3) is 5.56 Å². The van der Waals surface area contributed by atoms with Gasteiger partial charge in [0.15, 0.2) is 11.2 Å². The summed E-state index contributed by atoms with van der Waals surface area (Å²) in [6.45, 7) is 6.07. The fraction of sp³-hybridized carbons (Fsp3) is 0.520. The zero-order valence-electron chi connectivity index (χ0n) is 20.1. The molecule has 0 unspecified atom stereocenters. The van der Waals surface area contributed by atoms with Crippen LogP contribution in [-0.4, -0.2) is 38.2 Å². The number of hydrogen-bond donors (Lipinski definition) is 2. The largest absolute Gasteiger partial charge is 0.492 e. The van der Waals surface area contributed by atoms with Crippen LogP contribution in [0.4, 0.5) is 0 Å². The van der Waals surface area contributed by atoms with E-state index in [1.54, 1.807) is 4.57 Å². The summed E-state index contributed by atoms with van der Waals surface area (Å²) in [6, 6.07) is 9.45. The Kier molecular flexibility index (Phi) is 9.49. The number of nitrogens with zero attached hydrogens (tertiary/aromatic N) is 3. The number of aromatic amines is 1. The van der Waals surface area contributed by atoms with E-state index in [4.69, 9.17) is 4.74 Å². The predicted octanol–water partition coefficient (Wildman–Crippen LogP) is 3.00. The lowest BCUT2D eigenvalue weighted by Gasteiger charge is -2.10. The molecule has 1 amide bonds. The van der Waals surface area contributed by atoms with E-state index >= 15 is 0 Å². The summed E-state index contributed by atoms with van der Waals surface area (Å²) >= 11 is 0. The van der Waals surface area contributed by atoms with Gasteiger partial charge < -0.3 is 14.6 Å². The van der Waals surface area contributed by atoms with Gasteiger partial charge in [-0.15, -0.1) is 0 Å². The van der Waals surface area contributed by atoms with Crippen LogP contribution >= 0.6 is 0 Å². The highest BCUT2D eigenvalue weighted by Crippen LogP contribution is 2.15. The number of carbonyl (C=O) groups is 1. The Morgan fingerprint density at radius 3 is 2.50 bits per heavy atom. The second-order valence-electron chi connectivity index (χ2n) is 8.33. The molecule has 0 saturated carbocycles. The molecule has 0 fully saturated rings. The first-order valence-corrected chi connectivity index (χ1v) is 12.2. The van der Waals surface area contributed by atoms with E-state index in [0.29, 0.717) is 49.7 Å². The summed E-state index contributed by atoms with van der Waals surface area (Å²) in [5.41, 5.74) is -0.0405. The number of rotatable bonds is 14. The van der Waals surface area contributed by atoms with Crippen molar-refractivity contribution >= 4 is 17.1 Å². The van der Waals surface area contributed by atoms with Crippen LogP contribution < -0.4 is 21.3 Å². The van der Waals surface area contributed by atoms with Crippen molar-refractivity contribution in [3.05, 3.63) is 57.0 Å².